The molecule has 0 spiro atoms. The molecule has 0 saturated carbocycles. The van der Waals surface area contributed by atoms with Crippen molar-refractivity contribution in [2.24, 2.45) is 11.8 Å². The first kappa shape index (κ1) is 15.9. The van der Waals surface area contributed by atoms with Gasteiger partial charge in [-0.15, -0.1) is 0 Å². The lowest BCUT2D eigenvalue weighted by atomic mass is 10.0. The fourth-order valence-electron chi connectivity index (χ4n) is 2.12. The maximum atomic E-state index is 12.0. The Morgan fingerprint density at radius 2 is 2.00 bits per heavy atom. The molecule has 1 aliphatic heterocycles. The number of carbonyl (C=O) groups excluding carboxylic acids is 2. The Balaban J connectivity index is 2.64. The van der Waals surface area contributed by atoms with Crippen molar-refractivity contribution in [2.75, 3.05) is 18.6 Å². The van der Waals surface area contributed by atoms with Gasteiger partial charge in [0.05, 0.1) is 24.5 Å². The topological polar surface area (TPSA) is 89.5 Å². The van der Waals surface area contributed by atoms with E-state index in [9.17, 15) is 18.0 Å². The number of esters is 1. The summed E-state index contributed by atoms with van der Waals surface area (Å²) in [4.78, 5) is 23.5. The van der Waals surface area contributed by atoms with Crippen molar-refractivity contribution in [2.45, 2.75) is 32.7 Å². The van der Waals surface area contributed by atoms with E-state index in [1.807, 2.05) is 13.8 Å². The third-order valence-corrected chi connectivity index (χ3v) is 4.88. The van der Waals surface area contributed by atoms with Gasteiger partial charge in [0, 0.05) is 0 Å². The summed E-state index contributed by atoms with van der Waals surface area (Å²) in [6, 6.07) is -0.708. The summed E-state index contributed by atoms with van der Waals surface area (Å²) in [7, 11) is -1.84. The molecule has 0 bridgehead atoms. The number of amides is 1. The third kappa shape index (κ3) is 4.81. The van der Waals surface area contributed by atoms with Crippen LogP contribution < -0.4 is 5.32 Å². The van der Waals surface area contributed by atoms with Gasteiger partial charge in [0.25, 0.3) is 0 Å². The van der Waals surface area contributed by atoms with E-state index >= 15 is 0 Å². The van der Waals surface area contributed by atoms with Gasteiger partial charge in [-0.1, -0.05) is 13.8 Å². The minimum atomic E-state index is -3.10. The van der Waals surface area contributed by atoms with Gasteiger partial charge < -0.3 is 10.1 Å². The van der Waals surface area contributed by atoms with Gasteiger partial charge in [-0.3, -0.25) is 4.79 Å². The predicted octanol–water partition coefficient (Wildman–Crippen LogP) is 0.125. The van der Waals surface area contributed by atoms with Gasteiger partial charge in [-0.25, -0.2) is 13.2 Å². The SMILES string of the molecule is COC(=O)C(CC(C)C)NC(=O)C1CCS(=O)(=O)C1. The van der Waals surface area contributed by atoms with Gasteiger partial charge in [-0.05, 0) is 18.8 Å². The second-order valence-corrected chi connectivity index (χ2v) is 7.54. The van der Waals surface area contributed by atoms with Crippen LogP contribution in [0.3, 0.4) is 0 Å². The summed E-state index contributed by atoms with van der Waals surface area (Å²) in [6.45, 7) is 3.87. The monoisotopic (exact) mass is 291 g/mol. The number of hydrogen-bond acceptors (Lipinski definition) is 5. The standard InChI is InChI=1S/C12H21NO5S/c1-8(2)6-10(12(15)18-3)13-11(14)9-4-5-19(16,17)7-9/h8-10H,4-7H2,1-3H3,(H,13,14). The van der Waals surface area contributed by atoms with Crippen molar-refractivity contribution in [1.29, 1.82) is 0 Å². The van der Waals surface area contributed by atoms with E-state index in [1.165, 1.54) is 7.11 Å². The lowest BCUT2D eigenvalue weighted by Crippen LogP contribution is -2.45. The van der Waals surface area contributed by atoms with E-state index in [-0.39, 0.29) is 23.3 Å². The highest BCUT2D eigenvalue weighted by Gasteiger charge is 2.35. The van der Waals surface area contributed by atoms with Gasteiger partial charge >= 0.3 is 5.97 Å². The first-order valence-electron chi connectivity index (χ1n) is 6.34. The van der Waals surface area contributed by atoms with Crippen LogP contribution in [0.2, 0.25) is 0 Å². The van der Waals surface area contributed by atoms with E-state index in [4.69, 9.17) is 0 Å². The lowest BCUT2D eigenvalue weighted by Gasteiger charge is -2.19. The molecule has 1 aliphatic rings. The minimum Gasteiger partial charge on any atom is -0.467 e. The molecule has 6 nitrogen and oxygen atoms in total. The molecule has 110 valence electrons. The second-order valence-electron chi connectivity index (χ2n) is 5.31. The van der Waals surface area contributed by atoms with Crippen molar-refractivity contribution in [1.82, 2.24) is 5.32 Å². The summed E-state index contributed by atoms with van der Waals surface area (Å²) in [5.41, 5.74) is 0. The molecule has 1 N–H and O–H groups in total. The van der Waals surface area contributed by atoms with Crippen LogP contribution in [0.15, 0.2) is 0 Å². The molecule has 19 heavy (non-hydrogen) atoms. The van der Waals surface area contributed by atoms with Crippen molar-refractivity contribution < 1.29 is 22.7 Å². The van der Waals surface area contributed by atoms with E-state index < -0.39 is 27.8 Å². The van der Waals surface area contributed by atoms with Crippen LogP contribution in [-0.2, 0) is 24.2 Å². The average Bonchev–Trinajstić information content (AvgIpc) is 2.67. The Morgan fingerprint density at radius 1 is 1.37 bits per heavy atom. The van der Waals surface area contributed by atoms with Crippen molar-refractivity contribution in [3.8, 4) is 0 Å². The molecule has 1 amide bonds. The summed E-state index contributed by atoms with van der Waals surface area (Å²) < 4.78 is 27.3. The summed E-state index contributed by atoms with van der Waals surface area (Å²) in [5.74, 6) is -1.30. The molecular formula is C12H21NO5S. The number of sulfone groups is 1. The van der Waals surface area contributed by atoms with Gasteiger partial charge in [0.2, 0.25) is 5.91 Å². The van der Waals surface area contributed by atoms with Crippen molar-refractivity contribution in [3.63, 3.8) is 0 Å². The van der Waals surface area contributed by atoms with E-state index in [0.717, 1.165) is 0 Å². The number of methoxy groups -OCH3 is 1. The van der Waals surface area contributed by atoms with Crippen molar-refractivity contribution in [3.05, 3.63) is 0 Å². The first-order chi connectivity index (χ1) is 8.75. The molecule has 1 saturated heterocycles. The van der Waals surface area contributed by atoms with E-state index in [1.54, 1.807) is 0 Å². The van der Waals surface area contributed by atoms with Gasteiger partial charge in [0.1, 0.15) is 6.04 Å². The highest BCUT2D eigenvalue weighted by atomic mass is 32.2. The Kier molecular flexibility index (Phi) is 5.34. The van der Waals surface area contributed by atoms with Crippen molar-refractivity contribution >= 4 is 21.7 Å². The summed E-state index contributed by atoms with van der Waals surface area (Å²) in [5, 5.41) is 2.60. The number of carbonyl (C=O) groups is 2. The molecule has 1 rings (SSSR count). The van der Waals surface area contributed by atoms with Crippen LogP contribution in [0, 0.1) is 11.8 Å². The Bertz CT molecular complexity index is 443. The molecule has 0 aromatic heterocycles. The molecule has 1 heterocycles. The maximum absolute atomic E-state index is 12.0. The Hall–Kier alpha value is -1.11. The van der Waals surface area contributed by atoms with Crippen LogP contribution in [0.4, 0.5) is 0 Å². The van der Waals surface area contributed by atoms with E-state index in [2.05, 4.69) is 10.1 Å². The third-order valence-electron chi connectivity index (χ3n) is 3.11. The second kappa shape index (κ2) is 6.36. The molecule has 2 atom stereocenters. The zero-order valence-electron chi connectivity index (χ0n) is 11.5. The molecule has 7 heteroatoms. The van der Waals surface area contributed by atoms with Gasteiger partial charge in [-0.2, -0.15) is 0 Å². The molecule has 0 aromatic carbocycles. The smallest absolute Gasteiger partial charge is 0.328 e. The quantitative estimate of drug-likeness (QED) is 0.727. The Labute approximate surface area is 113 Å². The van der Waals surface area contributed by atoms with Crippen LogP contribution in [0.25, 0.3) is 0 Å². The molecular weight excluding hydrogens is 270 g/mol. The summed E-state index contributed by atoms with van der Waals surface area (Å²) in [6.07, 6.45) is 0.793. The molecule has 0 radical (unpaired) electrons. The molecule has 0 aromatic rings. The lowest BCUT2D eigenvalue weighted by molar-refractivity contribution is -0.146. The summed E-state index contributed by atoms with van der Waals surface area (Å²) >= 11 is 0. The highest BCUT2D eigenvalue weighted by molar-refractivity contribution is 7.91. The predicted molar refractivity (Wildman–Crippen MR) is 70.2 cm³/mol. The fourth-order valence-corrected chi connectivity index (χ4v) is 3.86. The normalized spacial score (nSPS) is 23.1. The number of rotatable bonds is 5. The number of nitrogens with one attached hydrogen (secondary N) is 1. The van der Waals surface area contributed by atoms with Crippen LogP contribution in [-0.4, -0.2) is 45.0 Å². The molecule has 0 aliphatic carbocycles. The van der Waals surface area contributed by atoms with Crippen LogP contribution >= 0.6 is 0 Å². The molecule has 1 fully saturated rings. The van der Waals surface area contributed by atoms with Crippen LogP contribution in [0.1, 0.15) is 26.7 Å². The van der Waals surface area contributed by atoms with Crippen LogP contribution in [0.5, 0.6) is 0 Å². The number of hydrogen-bond donors (Lipinski definition) is 1. The van der Waals surface area contributed by atoms with Gasteiger partial charge in [0.15, 0.2) is 9.84 Å². The molecule has 2 unspecified atom stereocenters. The van der Waals surface area contributed by atoms with E-state index in [0.29, 0.717) is 12.8 Å². The number of ether oxygens (including phenoxy) is 1. The zero-order chi connectivity index (χ0) is 14.6. The maximum Gasteiger partial charge on any atom is 0.328 e. The first-order valence-corrected chi connectivity index (χ1v) is 8.16. The average molecular weight is 291 g/mol. The fraction of sp³-hybridized carbons (Fsp3) is 0.833. The highest BCUT2D eigenvalue weighted by Crippen LogP contribution is 2.19. The zero-order valence-corrected chi connectivity index (χ0v) is 12.3. The Morgan fingerprint density at radius 3 is 2.42 bits per heavy atom. The minimum absolute atomic E-state index is 0.0398. The largest absolute Gasteiger partial charge is 0.467 e.